The normalized spacial score (nSPS) is 11.3. The molecule has 0 saturated heterocycles. The quantitative estimate of drug-likeness (QED) is 0.432. The molecule has 1 aromatic heterocycles. The molecule has 0 aliphatic carbocycles. The Bertz CT molecular complexity index is 1140. The SMILES string of the molecule is Cc1cc2oc3cc(-c4ccccc4)cc(C)c3c(=O)c2cc1C. The third kappa shape index (κ3) is 2.23. The number of hydrogen-bond acceptors (Lipinski definition) is 2. The molecule has 0 aliphatic rings. The van der Waals surface area contributed by atoms with Crippen LogP contribution in [0.15, 0.2) is 63.8 Å². The third-order valence-corrected chi connectivity index (χ3v) is 4.69. The maximum atomic E-state index is 13.0. The Balaban J connectivity index is 2.10. The van der Waals surface area contributed by atoms with Gasteiger partial charge >= 0.3 is 0 Å². The van der Waals surface area contributed by atoms with Crippen LogP contribution < -0.4 is 5.43 Å². The zero-order valence-corrected chi connectivity index (χ0v) is 14.0. The van der Waals surface area contributed by atoms with Gasteiger partial charge in [0.2, 0.25) is 5.43 Å². The lowest BCUT2D eigenvalue weighted by atomic mass is 9.98. The molecule has 1 heterocycles. The fraction of sp³-hybridized carbons (Fsp3) is 0.136. The second kappa shape index (κ2) is 5.34. The van der Waals surface area contributed by atoms with Gasteiger partial charge in [0.1, 0.15) is 11.2 Å². The molecule has 0 spiro atoms. The van der Waals surface area contributed by atoms with E-state index < -0.39 is 0 Å². The summed E-state index contributed by atoms with van der Waals surface area (Å²) in [4.78, 5) is 13.0. The van der Waals surface area contributed by atoms with Crippen LogP contribution in [0, 0.1) is 20.8 Å². The lowest BCUT2D eigenvalue weighted by Crippen LogP contribution is -2.05. The highest BCUT2D eigenvalue weighted by molar-refractivity contribution is 5.94. The molecule has 3 aromatic carbocycles. The summed E-state index contributed by atoms with van der Waals surface area (Å²) in [6.45, 7) is 6.02. The van der Waals surface area contributed by atoms with Gasteiger partial charge in [0.25, 0.3) is 0 Å². The second-order valence-electron chi connectivity index (χ2n) is 6.40. The molecule has 0 amide bonds. The monoisotopic (exact) mass is 314 g/mol. The molecule has 0 aliphatic heterocycles. The molecule has 0 saturated carbocycles. The van der Waals surface area contributed by atoms with Gasteiger partial charge in [0, 0.05) is 0 Å². The van der Waals surface area contributed by atoms with Gasteiger partial charge < -0.3 is 4.42 Å². The molecule has 0 atom stereocenters. The Morgan fingerprint density at radius 2 is 1.42 bits per heavy atom. The largest absolute Gasteiger partial charge is 0.456 e. The van der Waals surface area contributed by atoms with Crippen LogP contribution in [0.4, 0.5) is 0 Å². The zero-order chi connectivity index (χ0) is 16.8. The second-order valence-corrected chi connectivity index (χ2v) is 6.40. The summed E-state index contributed by atoms with van der Waals surface area (Å²) in [5.41, 5.74) is 6.70. The number of aryl methyl sites for hydroxylation is 3. The summed E-state index contributed by atoms with van der Waals surface area (Å²) in [7, 11) is 0. The lowest BCUT2D eigenvalue weighted by Gasteiger charge is -2.09. The Kier molecular flexibility index (Phi) is 3.27. The molecule has 2 nitrogen and oxygen atoms in total. The fourth-order valence-corrected chi connectivity index (χ4v) is 3.23. The van der Waals surface area contributed by atoms with Crippen molar-refractivity contribution in [2.24, 2.45) is 0 Å². The van der Waals surface area contributed by atoms with Crippen LogP contribution in [-0.4, -0.2) is 0 Å². The molecular weight excluding hydrogens is 296 g/mol. The summed E-state index contributed by atoms with van der Waals surface area (Å²) >= 11 is 0. The van der Waals surface area contributed by atoms with Gasteiger partial charge in [-0.3, -0.25) is 4.79 Å². The predicted octanol–water partition coefficient (Wildman–Crippen LogP) is 5.54. The molecule has 0 unspecified atom stereocenters. The highest BCUT2D eigenvalue weighted by atomic mass is 16.3. The van der Waals surface area contributed by atoms with Gasteiger partial charge in [-0.1, -0.05) is 36.4 Å². The minimum absolute atomic E-state index is 0.0476. The van der Waals surface area contributed by atoms with Gasteiger partial charge in [-0.25, -0.2) is 0 Å². The van der Waals surface area contributed by atoms with Crippen LogP contribution in [-0.2, 0) is 0 Å². The first-order valence-electron chi connectivity index (χ1n) is 8.08. The van der Waals surface area contributed by atoms with Crippen LogP contribution in [0.3, 0.4) is 0 Å². The Labute approximate surface area is 140 Å². The molecule has 24 heavy (non-hydrogen) atoms. The fourth-order valence-electron chi connectivity index (χ4n) is 3.23. The average Bonchev–Trinajstić information content (AvgIpc) is 2.57. The van der Waals surface area contributed by atoms with Crippen molar-refractivity contribution in [2.75, 3.05) is 0 Å². The molecule has 2 heteroatoms. The van der Waals surface area contributed by atoms with Crippen molar-refractivity contribution in [1.29, 1.82) is 0 Å². The van der Waals surface area contributed by atoms with Crippen LogP contribution in [0.5, 0.6) is 0 Å². The van der Waals surface area contributed by atoms with Crippen LogP contribution in [0.25, 0.3) is 33.1 Å². The van der Waals surface area contributed by atoms with Gasteiger partial charge in [0.15, 0.2) is 0 Å². The van der Waals surface area contributed by atoms with Crippen molar-refractivity contribution in [2.45, 2.75) is 20.8 Å². The van der Waals surface area contributed by atoms with Crippen molar-refractivity contribution in [3.05, 3.63) is 81.5 Å². The maximum Gasteiger partial charge on any atom is 0.200 e. The van der Waals surface area contributed by atoms with Crippen molar-refractivity contribution in [3.8, 4) is 11.1 Å². The first kappa shape index (κ1) is 14.7. The minimum atomic E-state index is 0.0476. The maximum absolute atomic E-state index is 13.0. The van der Waals surface area contributed by atoms with E-state index in [1.54, 1.807) is 0 Å². The standard InChI is InChI=1S/C22H18O2/c1-13-10-18-19(11-14(13)2)24-20-12-17(16-7-5-4-6-8-16)9-15(3)21(20)22(18)23/h4-12H,1-3H3. The summed E-state index contributed by atoms with van der Waals surface area (Å²) in [5.74, 6) is 0. The Hall–Kier alpha value is -2.87. The minimum Gasteiger partial charge on any atom is -0.456 e. The highest BCUT2D eigenvalue weighted by Gasteiger charge is 2.13. The van der Waals surface area contributed by atoms with Crippen LogP contribution in [0.1, 0.15) is 16.7 Å². The lowest BCUT2D eigenvalue weighted by molar-refractivity contribution is 0.659. The van der Waals surface area contributed by atoms with Gasteiger partial charge in [0.05, 0.1) is 10.8 Å². The molecule has 4 rings (SSSR count). The smallest absolute Gasteiger partial charge is 0.200 e. The molecular formula is C22H18O2. The van der Waals surface area contributed by atoms with Gasteiger partial charge in [-0.15, -0.1) is 0 Å². The summed E-state index contributed by atoms with van der Waals surface area (Å²) in [6.07, 6.45) is 0. The first-order valence-corrected chi connectivity index (χ1v) is 8.08. The van der Waals surface area contributed by atoms with E-state index in [0.29, 0.717) is 21.9 Å². The molecule has 4 aromatic rings. The molecule has 0 fully saturated rings. The van der Waals surface area contributed by atoms with E-state index in [2.05, 4.69) is 18.2 Å². The van der Waals surface area contributed by atoms with Crippen molar-refractivity contribution in [1.82, 2.24) is 0 Å². The van der Waals surface area contributed by atoms with Crippen LogP contribution in [0.2, 0.25) is 0 Å². The van der Waals surface area contributed by atoms with E-state index in [9.17, 15) is 4.79 Å². The highest BCUT2D eigenvalue weighted by Crippen LogP contribution is 2.29. The summed E-state index contributed by atoms with van der Waals surface area (Å²) in [6, 6.07) is 18.1. The number of rotatable bonds is 1. The van der Waals surface area contributed by atoms with Gasteiger partial charge in [-0.2, -0.15) is 0 Å². The molecule has 0 radical (unpaired) electrons. The third-order valence-electron chi connectivity index (χ3n) is 4.69. The zero-order valence-electron chi connectivity index (χ0n) is 14.0. The molecule has 118 valence electrons. The van der Waals surface area contributed by atoms with E-state index >= 15 is 0 Å². The summed E-state index contributed by atoms with van der Waals surface area (Å²) < 4.78 is 6.11. The van der Waals surface area contributed by atoms with E-state index in [-0.39, 0.29) is 5.43 Å². The van der Waals surface area contributed by atoms with Crippen molar-refractivity contribution in [3.63, 3.8) is 0 Å². The number of hydrogen-bond donors (Lipinski definition) is 0. The van der Waals surface area contributed by atoms with Crippen molar-refractivity contribution >= 4 is 21.9 Å². The van der Waals surface area contributed by atoms with Crippen LogP contribution >= 0.6 is 0 Å². The van der Waals surface area contributed by atoms with E-state index in [1.165, 1.54) is 0 Å². The van der Waals surface area contributed by atoms with E-state index in [0.717, 1.165) is 27.8 Å². The Morgan fingerprint density at radius 1 is 0.708 bits per heavy atom. The predicted molar refractivity (Wildman–Crippen MR) is 99.6 cm³/mol. The number of fused-ring (bicyclic) bond motifs is 2. The molecule has 0 N–H and O–H groups in total. The molecule has 0 bridgehead atoms. The van der Waals surface area contributed by atoms with E-state index in [1.807, 2.05) is 57.2 Å². The first-order chi connectivity index (χ1) is 11.5. The summed E-state index contributed by atoms with van der Waals surface area (Å²) in [5, 5.41) is 1.33. The number of benzene rings is 3. The van der Waals surface area contributed by atoms with Gasteiger partial charge in [-0.05, 0) is 66.8 Å². The Morgan fingerprint density at radius 3 is 2.17 bits per heavy atom. The topological polar surface area (TPSA) is 30.2 Å². The van der Waals surface area contributed by atoms with Crippen molar-refractivity contribution < 1.29 is 4.42 Å². The van der Waals surface area contributed by atoms with E-state index in [4.69, 9.17) is 4.42 Å². The average molecular weight is 314 g/mol.